The number of aromatic carboxylic acids is 1. The first-order valence-corrected chi connectivity index (χ1v) is 9.87. The third-order valence-corrected chi connectivity index (χ3v) is 5.74. The van der Waals surface area contributed by atoms with Crippen molar-refractivity contribution in [3.05, 3.63) is 65.4 Å². The molecule has 5 nitrogen and oxygen atoms in total. The maximum Gasteiger partial charge on any atom is 0.339 e. The van der Waals surface area contributed by atoms with Crippen LogP contribution < -0.4 is 4.74 Å². The lowest BCUT2D eigenvalue weighted by Crippen LogP contribution is -2.36. The minimum atomic E-state index is -0.946. The Morgan fingerprint density at radius 1 is 1.18 bits per heavy atom. The van der Waals surface area contributed by atoms with E-state index in [0.29, 0.717) is 18.3 Å². The van der Waals surface area contributed by atoms with Gasteiger partial charge in [-0.05, 0) is 62.0 Å². The van der Waals surface area contributed by atoms with Gasteiger partial charge in [-0.15, -0.1) is 0 Å². The van der Waals surface area contributed by atoms with Crippen LogP contribution in [-0.4, -0.2) is 47.2 Å². The summed E-state index contributed by atoms with van der Waals surface area (Å²) < 4.78 is 5.86. The number of benzene rings is 2. The predicted octanol–water partition coefficient (Wildman–Crippen LogP) is 4.43. The van der Waals surface area contributed by atoms with Crippen molar-refractivity contribution in [2.75, 3.05) is 26.2 Å². The lowest BCUT2D eigenvalue weighted by Gasteiger charge is -2.31. The average Bonchev–Trinajstić information content (AvgIpc) is 3.14. The van der Waals surface area contributed by atoms with Gasteiger partial charge < -0.3 is 14.8 Å². The third kappa shape index (κ3) is 3.76. The second-order valence-electron chi connectivity index (χ2n) is 7.51. The van der Waals surface area contributed by atoms with E-state index >= 15 is 0 Å². The van der Waals surface area contributed by atoms with Gasteiger partial charge in [0.05, 0.1) is 0 Å². The summed E-state index contributed by atoms with van der Waals surface area (Å²) in [6.07, 6.45) is 4.43. The molecule has 4 rings (SSSR count). The number of carboxylic acids is 1. The molecule has 2 aromatic carbocycles. The van der Waals surface area contributed by atoms with Crippen molar-refractivity contribution in [3.63, 3.8) is 0 Å². The minimum absolute atomic E-state index is 0.234. The summed E-state index contributed by atoms with van der Waals surface area (Å²) in [5.41, 5.74) is 3.73. The number of ether oxygens (including phenoxy) is 1. The maximum absolute atomic E-state index is 11.4. The molecule has 2 N–H and O–H groups in total. The molecule has 2 heterocycles. The minimum Gasteiger partial charge on any atom is -0.491 e. The summed E-state index contributed by atoms with van der Waals surface area (Å²) in [5, 5.41) is 10.7. The maximum atomic E-state index is 11.4. The van der Waals surface area contributed by atoms with E-state index in [9.17, 15) is 9.90 Å². The van der Waals surface area contributed by atoms with Gasteiger partial charge in [-0.2, -0.15) is 0 Å². The molecule has 146 valence electrons. The molecule has 0 atom stereocenters. The molecule has 1 fully saturated rings. The standard InChI is InChI=1S/C23H26N2O3/c1-16-5-4-7-19(23(26)27)22(16)28-14-13-25-11-9-17(10-12-25)20-15-24-21-8-3-2-6-18(20)21/h2-8,15,17,24H,9-14H2,1H3,(H,26,27). The first kappa shape index (κ1) is 18.6. The predicted molar refractivity (Wildman–Crippen MR) is 110 cm³/mol. The van der Waals surface area contributed by atoms with Crippen LogP contribution in [0.15, 0.2) is 48.7 Å². The topological polar surface area (TPSA) is 65.6 Å². The van der Waals surface area contributed by atoms with Crippen LogP contribution in [0.2, 0.25) is 0 Å². The lowest BCUT2D eigenvalue weighted by atomic mass is 9.89. The highest BCUT2D eigenvalue weighted by atomic mass is 16.5. The number of aromatic nitrogens is 1. The van der Waals surface area contributed by atoms with E-state index in [1.165, 1.54) is 16.5 Å². The average molecular weight is 378 g/mol. The third-order valence-electron chi connectivity index (χ3n) is 5.74. The van der Waals surface area contributed by atoms with E-state index < -0.39 is 5.97 Å². The molecular weight excluding hydrogens is 352 g/mol. The van der Waals surface area contributed by atoms with Crippen LogP contribution >= 0.6 is 0 Å². The van der Waals surface area contributed by atoms with E-state index in [1.807, 2.05) is 13.0 Å². The largest absolute Gasteiger partial charge is 0.491 e. The number of likely N-dealkylation sites (tertiary alicyclic amines) is 1. The number of piperidine rings is 1. The van der Waals surface area contributed by atoms with Crippen LogP contribution in [0, 0.1) is 6.92 Å². The number of fused-ring (bicyclic) bond motifs is 1. The molecule has 0 saturated carbocycles. The van der Waals surface area contributed by atoms with Crippen molar-refractivity contribution >= 4 is 16.9 Å². The quantitative estimate of drug-likeness (QED) is 0.666. The Hall–Kier alpha value is -2.79. The highest BCUT2D eigenvalue weighted by molar-refractivity contribution is 5.91. The fourth-order valence-electron chi connectivity index (χ4n) is 4.19. The Bertz CT molecular complexity index is 971. The van der Waals surface area contributed by atoms with Gasteiger partial charge in [0.15, 0.2) is 0 Å². The van der Waals surface area contributed by atoms with Crippen molar-refractivity contribution in [2.24, 2.45) is 0 Å². The van der Waals surface area contributed by atoms with E-state index in [0.717, 1.165) is 38.0 Å². The molecule has 0 spiro atoms. The number of aryl methyl sites for hydroxylation is 1. The number of aromatic amines is 1. The molecule has 0 amide bonds. The number of nitrogens with one attached hydrogen (secondary N) is 1. The first-order chi connectivity index (χ1) is 13.6. The van der Waals surface area contributed by atoms with Crippen molar-refractivity contribution < 1.29 is 14.6 Å². The fraction of sp³-hybridized carbons (Fsp3) is 0.348. The molecule has 1 aliphatic rings. The zero-order valence-electron chi connectivity index (χ0n) is 16.1. The van der Waals surface area contributed by atoms with Gasteiger partial charge in [0, 0.05) is 23.6 Å². The molecule has 1 aromatic heterocycles. The van der Waals surface area contributed by atoms with E-state index in [-0.39, 0.29) is 5.56 Å². The van der Waals surface area contributed by atoms with Crippen LogP contribution in [0.5, 0.6) is 5.75 Å². The first-order valence-electron chi connectivity index (χ1n) is 9.87. The van der Waals surface area contributed by atoms with Crippen LogP contribution in [0.3, 0.4) is 0 Å². The Morgan fingerprint density at radius 2 is 1.96 bits per heavy atom. The Morgan fingerprint density at radius 3 is 2.75 bits per heavy atom. The molecular formula is C23H26N2O3. The van der Waals surface area contributed by atoms with Crippen LogP contribution in [0.4, 0.5) is 0 Å². The molecule has 5 heteroatoms. The Labute approximate surface area is 164 Å². The number of carboxylic acid groups (broad SMARTS) is 1. The summed E-state index contributed by atoms with van der Waals surface area (Å²) >= 11 is 0. The second-order valence-corrected chi connectivity index (χ2v) is 7.51. The number of hydrogen-bond donors (Lipinski definition) is 2. The van der Waals surface area contributed by atoms with Crippen LogP contribution in [0.1, 0.15) is 40.2 Å². The van der Waals surface area contributed by atoms with Crippen molar-refractivity contribution in [1.29, 1.82) is 0 Å². The van der Waals surface area contributed by atoms with Gasteiger partial charge in [0.25, 0.3) is 0 Å². The molecule has 0 unspecified atom stereocenters. The number of rotatable bonds is 6. The van der Waals surface area contributed by atoms with Gasteiger partial charge >= 0.3 is 5.97 Å². The van der Waals surface area contributed by atoms with Gasteiger partial charge in [0.1, 0.15) is 17.9 Å². The zero-order chi connectivity index (χ0) is 19.5. The summed E-state index contributed by atoms with van der Waals surface area (Å²) in [6.45, 7) is 5.27. The summed E-state index contributed by atoms with van der Waals surface area (Å²) in [7, 11) is 0. The number of H-pyrrole nitrogens is 1. The van der Waals surface area contributed by atoms with E-state index in [2.05, 4.69) is 40.3 Å². The van der Waals surface area contributed by atoms with Crippen LogP contribution in [0.25, 0.3) is 10.9 Å². The normalized spacial score (nSPS) is 15.8. The van der Waals surface area contributed by atoms with Gasteiger partial charge in [-0.3, -0.25) is 4.90 Å². The molecule has 0 radical (unpaired) electrons. The highest BCUT2D eigenvalue weighted by Gasteiger charge is 2.23. The number of nitrogens with zero attached hydrogens (tertiary/aromatic N) is 1. The molecule has 0 bridgehead atoms. The monoisotopic (exact) mass is 378 g/mol. The van der Waals surface area contributed by atoms with Crippen molar-refractivity contribution in [3.8, 4) is 5.75 Å². The molecule has 3 aromatic rings. The van der Waals surface area contributed by atoms with E-state index in [4.69, 9.17) is 4.74 Å². The molecule has 1 aliphatic heterocycles. The van der Waals surface area contributed by atoms with Crippen molar-refractivity contribution in [2.45, 2.75) is 25.7 Å². The Kier molecular flexibility index (Phi) is 5.35. The van der Waals surface area contributed by atoms with Gasteiger partial charge in [-0.25, -0.2) is 4.79 Å². The number of hydrogen-bond acceptors (Lipinski definition) is 3. The molecule has 1 saturated heterocycles. The van der Waals surface area contributed by atoms with Crippen LogP contribution in [-0.2, 0) is 0 Å². The fourth-order valence-corrected chi connectivity index (χ4v) is 4.19. The second kappa shape index (κ2) is 8.07. The summed E-state index contributed by atoms with van der Waals surface area (Å²) in [4.78, 5) is 17.2. The lowest BCUT2D eigenvalue weighted by molar-refractivity contribution is 0.0691. The zero-order valence-corrected chi connectivity index (χ0v) is 16.1. The smallest absolute Gasteiger partial charge is 0.339 e. The summed E-state index contributed by atoms with van der Waals surface area (Å²) in [5.74, 6) is 0.130. The van der Waals surface area contributed by atoms with Gasteiger partial charge in [-0.1, -0.05) is 30.3 Å². The van der Waals surface area contributed by atoms with Gasteiger partial charge in [0.2, 0.25) is 0 Å². The molecule has 0 aliphatic carbocycles. The molecule has 28 heavy (non-hydrogen) atoms. The Balaban J connectivity index is 1.32. The highest BCUT2D eigenvalue weighted by Crippen LogP contribution is 2.33. The number of para-hydroxylation sites is 2. The van der Waals surface area contributed by atoms with Crippen molar-refractivity contribution in [1.82, 2.24) is 9.88 Å². The number of carbonyl (C=O) groups is 1. The summed E-state index contributed by atoms with van der Waals surface area (Å²) in [6, 6.07) is 13.7. The van der Waals surface area contributed by atoms with E-state index in [1.54, 1.807) is 12.1 Å². The SMILES string of the molecule is Cc1cccc(C(=O)O)c1OCCN1CCC(c2c[nH]c3ccccc23)CC1.